The zero-order valence-electron chi connectivity index (χ0n) is 12.3. The first-order chi connectivity index (χ1) is 10.0. The van der Waals surface area contributed by atoms with Crippen molar-refractivity contribution < 1.29 is 14.6 Å². The van der Waals surface area contributed by atoms with Crippen LogP contribution in [0.5, 0.6) is 5.75 Å². The molecular formula is C17H21BrO3. The number of ether oxygens (including phenoxy) is 1. The SMILES string of the molecule is CC1CCC(C(=O)O)C(Cc2cc(Br)cc3c2OCC3)C1. The number of benzene rings is 1. The van der Waals surface area contributed by atoms with Crippen LogP contribution in [0.1, 0.15) is 37.3 Å². The maximum Gasteiger partial charge on any atom is 0.306 e. The van der Waals surface area contributed by atoms with E-state index in [1.165, 1.54) is 11.1 Å². The fourth-order valence-corrected chi connectivity index (χ4v) is 4.38. The molecule has 2 aliphatic rings. The van der Waals surface area contributed by atoms with Crippen LogP contribution < -0.4 is 4.74 Å². The first-order valence-electron chi connectivity index (χ1n) is 7.71. The van der Waals surface area contributed by atoms with Gasteiger partial charge in [0.15, 0.2) is 0 Å². The highest BCUT2D eigenvalue weighted by Crippen LogP contribution is 2.40. The normalized spacial score (nSPS) is 28.0. The standard InChI is InChI=1S/C17H21BrO3/c1-10-2-3-15(17(19)20)12(6-10)7-13-9-14(18)8-11-4-5-21-16(11)13/h8-10,12,15H,2-7H2,1H3,(H,19,20). The third-order valence-corrected chi connectivity index (χ3v) is 5.33. The Kier molecular flexibility index (Phi) is 4.25. The van der Waals surface area contributed by atoms with Gasteiger partial charge in [-0.25, -0.2) is 0 Å². The molecule has 0 radical (unpaired) electrons. The van der Waals surface area contributed by atoms with E-state index in [2.05, 4.69) is 35.0 Å². The van der Waals surface area contributed by atoms with E-state index in [0.29, 0.717) is 5.92 Å². The zero-order chi connectivity index (χ0) is 15.0. The quantitative estimate of drug-likeness (QED) is 0.891. The Bertz CT molecular complexity index is 555. The van der Waals surface area contributed by atoms with Gasteiger partial charge in [0.25, 0.3) is 0 Å². The molecule has 1 aliphatic heterocycles. The maximum absolute atomic E-state index is 11.5. The Hall–Kier alpha value is -1.03. The van der Waals surface area contributed by atoms with Crippen molar-refractivity contribution in [3.8, 4) is 5.75 Å². The van der Waals surface area contributed by atoms with E-state index in [1.807, 2.05) is 0 Å². The van der Waals surface area contributed by atoms with Gasteiger partial charge in [0.05, 0.1) is 12.5 Å². The maximum atomic E-state index is 11.5. The first kappa shape index (κ1) is 14.9. The van der Waals surface area contributed by atoms with Crippen molar-refractivity contribution in [2.45, 2.75) is 39.0 Å². The van der Waals surface area contributed by atoms with Gasteiger partial charge in [-0.1, -0.05) is 22.9 Å². The van der Waals surface area contributed by atoms with Crippen LogP contribution in [0.3, 0.4) is 0 Å². The van der Waals surface area contributed by atoms with Gasteiger partial charge in [-0.3, -0.25) is 4.79 Å². The molecule has 0 aromatic heterocycles. The highest BCUT2D eigenvalue weighted by molar-refractivity contribution is 9.10. The van der Waals surface area contributed by atoms with E-state index in [0.717, 1.165) is 48.9 Å². The Morgan fingerprint density at radius 3 is 3.00 bits per heavy atom. The van der Waals surface area contributed by atoms with Gasteiger partial charge in [0, 0.05) is 10.9 Å². The van der Waals surface area contributed by atoms with Crippen LogP contribution in [0, 0.1) is 17.8 Å². The van der Waals surface area contributed by atoms with E-state index < -0.39 is 5.97 Å². The molecular weight excluding hydrogens is 332 g/mol. The predicted octanol–water partition coefficient (Wildman–Crippen LogP) is 4.06. The van der Waals surface area contributed by atoms with E-state index >= 15 is 0 Å². The average Bonchev–Trinajstić information content (AvgIpc) is 2.86. The molecule has 1 N–H and O–H groups in total. The Balaban J connectivity index is 1.86. The fraction of sp³-hybridized carbons (Fsp3) is 0.588. The van der Waals surface area contributed by atoms with Crippen LogP contribution in [0.2, 0.25) is 0 Å². The molecule has 0 bridgehead atoms. The number of fused-ring (bicyclic) bond motifs is 1. The van der Waals surface area contributed by atoms with Crippen LogP contribution in [-0.4, -0.2) is 17.7 Å². The van der Waals surface area contributed by atoms with E-state index in [9.17, 15) is 9.90 Å². The summed E-state index contributed by atoms with van der Waals surface area (Å²) >= 11 is 3.56. The monoisotopic (exact) mass is 352 g/mol. The molecule has 4 heteroatoms. The largest absolute Gasteiger partial charge is 0.493 e. The Morgan fingerprint density at radius 1 is 1.43 bits per heavy atom. The number of hydrogen-bond acceptors (Lipinski definition) is 2. The lowest BCUT2D eigenvalue weighted by Crippen LogP contribution is -2.31. The van der Waals surface area contributed by atoms with Crippen molar-refractivity contribution in [1.29, 1.82) is 0 Å². The topological polar surface area (TPSA) is 46.5 Å². The minimum atomic E-state index is -0.639. The van der Waals surface area contributed by atoms with Crippen molar-refractivity contribution >= 4 is 21.9 Å². The van der Waals surface area contributed by atoms with Gasteiger partial charge in [-0.15, -0.1) is 0 Å². The smallest absolute Gasteiger partial charge is 0.306 e. The molecule has 0 amide bonds. The summed E-state index contributed by atoms with van der Waals surface area (Å²) in [4.78, 5) is 11.5. The molecule has 1 heterocycles. The summed E-state index contributed by atoms with van der Waals surface area (Å²) in [7, 11) is 0. The minimum absolute atomic E-state index is 0.211. The van der Waals surface area contributed by atoms with Gasteiger partial charge >= 0.3 is 5.97 Å². The molecule has 1 aliphatic carbocycles. The molecule has 3 nitrogen and oxygen atoms in total. The first-order valence-corrected chi connectivity index (χ1v) is 8.50. The molecule has 0 spiro atoms. The second-order valence-electron chi connectivity index (χ2n) is 6.48. The summed E-state index contributed by atoms with van der Waals surface area (Å²) in [6.07, 6.45) is 4.59. The van der Waals surface area contributed by atoms with E-state index in [1.54, 1.807) is 0 Å². The van der Waals surface area contributed by atoms with Gasteiger partial charge < -0.3 is 9.84 Å². The summed E-state index contributed by atoms with van der Waals surface area (Å²) in [6, 6.07) is 4.21. The second-order valence-corrected chi connectivity index (χ2v) is 7.39. The number of carbonyl (C=O) groups is 1. The lowest BCUT2D eigenvalue weighted by molar-refractivity contribution is -0.145. The summed E-state index contributed by atoms with van der Waals surface area (Å²) < 4.78 is 6.85. The third-order valence-electron chi connectivity index (χ3n) is 4.87. The van der Waals surface area contributed by atoms with Gasteiger partial charge in [-0.2, -0.15) is 0 Å². The summed E-state index contributed by atoms with van der Waals surface area (Å²) in [6.45, 7) is 2.97. The number of aliphatic carboxylic acids is 1. The average molecular weight is 353 g/mol. The Labute approximate surface area is 133 Å². The number of hydrogen-bond donors (Lipinski definition) is 1. The van der Waals surface area contributed by atoms with E-state index in [4.69, 9.17) is 4.74 Å². The molecule has 1 aromatic rings. The van der Waals surface area contributed by atoms with Crippen molar-refractivity contribution in [3.63, 3.8) is 0 Å². The predicted molar refractivity (Wildman–Crippen MR) is 84.7 cm³/mol. The van der Waals surface area contributed by atoms with Crippen molar-refractivity contribution in [1.82, 2.24) is 0 Å². The molecule has 3 unspecified atom stereocenters. The number of rotatable bonds is 3. The lowest BCUT2D eigenvalue weighted by Gasteiger charge is -2.32. The molecule has 1 fully saturated rings. The van der Waals surface area contributed by atoms with Crippen molar-refractivity contribution in [2.24, 2.45) is 17.8 Å². The summed E-state index contributed by atoms with van der Waals surface area (Å²) in [5.74, 6) is 0.984. The Morgan fingerprint density at radius 2 is 2.24 bits per heavy atom. The van der Waals surface area contributed by atoms with Crippen LogP contribution >= 0.6 is 15.9 Å². The van der Waals surface area contributed by atoms with Crippen molar-refractivity contribution in [3.05, 3.63) is 27.7 Å². The van der Waals surface area contributed by atoms with Crippen molar-refractivity contribution in [2.75, 3.05) is 6.61 Å². The lowest BCUT2D eigenvalue weighted by atomic mass is 9.72. The minimum Gasteiger partial charge on any atom is -0.493 e. The number of halogens is 1. The fourth-order valence-electron chi connectivity index (χ4n) is 3.83. The van der Waals surface area contributed by atoms with Gasteiger partial charge in [0.1, 0.15) is 5.75 Å². The summed E-state index contributed by atoms with van der Waals surface area (Å²) in [5, 5.41) is 9.48. The van der Waals surface area contributed by atoms with Crippen LogP contribution in [0.15, 0.2) is 16.6 Å². The van der Waals surface area contributed by atoms with Gasteiger partial charge in [-0.05, 0) is 60.8 Å². The van der Waals surface area contributed by atoms with Gasteiger partial charge in [0.2, 0.25) is 0 Å². The second kappa shape index (κ2) is 5.99. The number of carboxylic acids is 1. The third kappa shape index (κ3) is 3.10. The highest BCUT2D eigenvalue weighted by Gasteiger charge is 2.34. The molecule has 3 rings (SSSR count). The van der Waals surface area contributed by atoms with Crippen LogP contribution in [0.4, 0.5) is 0 Å². The molecule has 0 saturated heterocycles. The highest BCUT2D eigenvalue weighted by atomic mass is 79.9. The van der Waals surface area contributed by atoms with Crippen LogP contribution in [0.25, 0.3) is 0 Å². The molecule has 3 atom stereocenters. The zero-order valence-corrected chi connectivity index (χ0v) is 13.9. The molecule has 114 valence electrons. The summed E-state index contributed by atoms with van der Waals surface area (Å²) in [5.41, 5.74) is 2.41. The molecule has 1 aromatic carbocycles. The van der Waals surface area contributed by atoms with E-state index in [-0.39, 0.29) is 11.8 Å². The van der Waals surface area contributed by atoms with Crippen LogP contribution in [-0.2, 0) is 17.6 Å². The molecule has 21 heavy (non-hydrogen) atoms. The number of carboxylic acid groups (broad SMARTS) is 1. The molecule has 1 saturated carbocycles.